The van der Waals surface area contributed by atoms with Crippen molar-refractivity contribution < 1.29 is 9.47 Å². The molecule has 130 valence electrons. The highest BCUT2D eigenvalue weighted by atomic mass is 16.7. The summed E-state index contributed by atoms with van der Waals surface area (Å²) < 4.78 is 11.7. The minimum Gasteiger partial charge on any atom is -0.351 e. The van der Waals surface area contributed by atoms with Gasteiger partial charge in [-0.3, -0.25) is 4.90 Å². The topological polar surface area (TPSA) is 21.7 Å². The van der Waals surface area contributed by atoms with Gasteiger partial charge in [0.05, 0.1) is 6.04 Å². The van der Waals surface area contributed by atoms with Crippen LogP contribution in [0.5, 0.6) is 0 Å². The van der Waals surface area contributed by atoms with Crippen molar-refractivity contribution in [3.63, 3.8) is 0 Å². The van der Waals surface area contributed by atoms with E-state index >= 15 is 0 Å². The fourth-order valence-electron chi connectivity index (χ4n) is 2.81. The van der Waals surface area contributed by atoms with E-state index in [2.05, 4.69) is 72.5 Å². The lowest BCUT2D eigenvalue weighted by Crippen LogP contribution is -2.43. The molecule has 0 saturated carbocycles. The molecular weight excluding hydrogens is 298 g/mol. The van der Waals surface area contributed by atoms with Gasteiger partial charge in [-0.25, -0.2) is 0 Å². The van der Waals surface area contributed by atoms with E-state index in [1.54, 1.807) is 0 Å². The third kappa shape index (κ3) is 5.75. The summed E-state index contributed by atoms with van der Waals surface area (Å²) in [5, 5.41) is 0. The van der Waals surface area contributed by atoms with Crippen LogP contribution in [-0.4, -0.2) is 30.4 Å². The molecule has 0 spiro atoms. The molecule has 0 amide bonds. The Morgan fingerprint density at radius 2 is 1.17 bits per heavy atom. The molecule has 2 aromatic rings. The quantitative estimate of drug-likeness (QED) is 0.601. The molecule has 0 radical (unpaired) electrons. The van der Waals surface area contributed by atoms with Gasteiger partial charge in [0.15, 0.2) is 6.29 Å². The van der Waals surface area contributed by atoms with Crippen molar-refractivity contribution in [3.8, 4) is 0 Å². The largest absolute Gasteiger partial charge is 0.351 e. The lowest BCUT2D eigenvalue weighted by molar-refractivity contribution is -0.173. The molecule has 0 unspecified atom stereocenters. The Morgan fingerprint density at radius 1 is 0.750 bits per heavy atom. The van der Waals surface area contributed by atoms with Gasteiger partial charge in [0.2, 0.25) is 0 Å². The first-order chi connectivity index (χ1) is 11.7. The van der Waals surface area contributed by atoms with Gasteiger partial charge in [-0.15, -0.1) is 0 Å². The molecular formula is C21H29NO2. The van der Waals surface area contributed by atoms with E-state index in [0.29, 0.717) is 13.2 Å². The summed E-state index contributed by atoms with van der Waals surface area (Å²) in [5.74, 6) is 0. The Kier molecular flexibility index (Phi) is 7.96. The fourth-order valence-corrected chi connectivity index (χ4v) is 2.81. The zero-order valence-electron chi connectivity index (χ0n) is 15.0. The van der Waals surface area contributed by atoms with Crippen LogP contribution in [0.3, 0.4) is 0 Å². The summed E-state index contributed by atoms with van der Waals surface area (Å²) in [6, 6.07) is 21.3. The second kappa shape index (κ2) is 10.2. The Hall–Kier alpha value is -1.68. The SMILES string of the molecule is CCOC(OCC)[C@H](C)N(Cc1ccccc1)Cc1ccccc1. The van der Waals surface area contributed by atoms with Gasteiger partial charge < -0.3 is 9.47 Å². The summed E-state index contributed by atoms with van der Waals surface area (Å²) >= 11 is 0. The third-order valence-corrected chi connectivity index (χ3v) is 4.09. The number of nitrogens with zero attached hydrogens (tertiary/aromatic N) is 1. The van der Waals surface area contributed by atoms with Gasteiger partial charge in [0, 0.05) is 26.3 Å². The Balaban J connectivity index is 2.16. The van der Waals surface area contributed by atoms with E-state index in [1.165, 1.54) is 11.1 Å². The van der Waals surface area contributed by atoms with Gasteiger partial charge in [0.25, 0.3) is 0 Å². The Bertz CT molecular complexity index is 511. The summed E-state index contributed by atoms with van der Waals surface area (Å²) in [5.41, 5.74) is 2.60. The number of ether oxygens (including phenoxy) is 2. The first-order valence-electron chi connectivity index (χ1n) is 8.79. The summed E-state index contributed by atoms with van der Waals surface area (Å²) in [4.78, 5) is 2.42. The average molecular weight is 327 g/mol. The first kappa shape index (κ1) is 18.7. The van der Waals surface area contributed by atoms with Crippen LogP contribution >= 0.6 is 0 Å². The van der Waals surface area contributed by atoms with Crippen LogP contribution in [0.2, 0.25) is 0 Å². The van der Waals surface area contributed by atoms with Gasteiger partial charge in [0.1, 0.15) is 0 Å². The second-order valence-corrected chi connectivity index (χ2v) is 5.90. The molecule has 3 heteroatoms. The van der Waals surface area contributed by atoms with E-state index in [-0.39, 0.29) is 12.3 Å². The minimum atomic E-state index is -0.215. The van der Waals surface area contributed by atoms with Crippen LogP contribution in [0, 0.1) is 0 Å². The number of hydrogen-bond acceptors (Lipinski definition) is 3. The van der Waals surface area contributed by atoms with Crippen LogP contribution in [0.4, 0.5) is 0 Å². The van der Waals surface area contributed by atoms with E-state index in [1.807, 2.05) is 13.8 Å². The fraction of sp³-hybridized carbons (Fsp3) is 0.429. The zero-order chi connectivity index (χ0) is 17.2. The Morgan fingerprint density at radius 3 is 1.54 bits per heavy atom. The van der Waals surface area contributed by atoms with Gasteiger partial charge >= 0.3 is 0 Å². The normalized spacial score (nSPS) is 12.7. The number of benzene rings is 2. The molecule has 3 nitrogen and oxygen atoms in total. The molecule has 0 aliphatic carbocycles. The highest BCUT2D eigenvalue weighted by Gasteiger charge is 2.24. The van der Waals surface area contributed by atoms with Crippen molar-refractivity contribution in [2.75, 3.05) is 13.2 Å². The van der Waals surface area contributed by atoms with E-state index in [9.17, 15) is 0 Å². The molecule has 2 rings (SSSR count). The molecule has 1 atom stereocenters. The maximum absolute atomic E-state index is 5.84. The molecule has 0 fully saturated rings. The van der Waals surface area contributed by atoms with Crippen molar-refractivity contribution in [3.05, 3.63) is 71.8 Å². The second-order valence-electron chi connectivity index (χ2n) is 5.90. The smallest absolute Gasteiger partial charge is 0.172 e. The van der Waals surface area contributed by atoms with Crippen LogP contribution in [0.15, 0.2) is 60.7 Å². The van der Waals surface area contributed by atoms with Crippen LogP contribution < -0.4 is 0 Å². The maximum atomic E-state index is 5.84. The van der Waals surface area contributed by atoms with Crippen LogP contribution in [-0.2, 0) is 22.6 Å². The average Bonchev–Trinajstić information content (AvgIpc) is 2.62. The van der Waals surface area contributed by atoms with Crippen molar-refractivity contribution in [2.24, 2.45) is 0 Å². The van der Waals surface area contributed by atoms with Crippen molar-refractivity contribution in [2.45, 2.75) is 46.2 Å². The predicted octanol–water partition coefficient (Wildman–Crippen LogP) is 4.48. The summed E-state index contributed by atoms with van der Waals surface area (Å²) in [7, 11) is 0. The van der Waals surface area contributed by atoms with Crippen molar-refractivity contribution in [1.82, 2.24) is 4.90 Å². The van der Waals surface area contributed by atoms with Crippen molar-refractivity contribution in [1.29, 1.82) is 0 Å². The highest BCUT2D eigenvalue weighted by molar-refractivity contribution is 5.17. The number of hydrogen-bond donors (Lipinski definition) is 0. The Labute approximate surface area is 146 Å². The summed E-state index contributed by atoms with van der Waals surface area (Å²) in [6.07, 6.45) is -0.215. The molecule has 24 heavy (non-hydrogen) atoms. The molecule has 0 aliphatic heterocycles. The third-order valence-electron chi connectivity index (χ3n) is 4.09. The van der Waals surface area contributed by atoms with Crippen molar-refractivity contribution >= 4 is 0 Å². The molecule has 0 saturated heterocycles. The van der Waals surface area contributed by atoms with Gasteiger partial charge in [-0.2, -0.15) is 0 Å². The molecule has 0 aromatic heterocycles. The standard InChI is InChI=1S/C21H29NO2/c1-4-23-21(24-5-2)18(3)22(16-19-12-8-6-9-13-19)17-20-14-10-7-11-15-20/h6-15,18,21H,4-5,16-17H2,1-3H3/t18-/m0/s1. The first-order valence-corrected chi connectivity index (χ1v) is 8.79. The molecule has 0 N–H and O–H groups in total. The molecule has 0 heterocycles. The summed E-state index contributed by atoms with van der Waals surface area (Å²) in [6.45, 7) is 9.25. The zero-order valence-corrected chi connectivity index (χ0v) is 15.0. The number of rotatable bonds is 10. The van der Waals surface area contributed by atoms with Crippen LogP contribution in [0.25, 0.3) is 0 Å². The van der Waals surface area contributed by atoms with Gasteiger partial charge in [-0.1, -0.05) is 60.7 Å². The van der Waals surface area contributed by atoms with E-state index < -0.39 is 0 Å². The minimum absolute atomic E-state index is 0.158. The molecule has 0 bridgehead atoms. The maximum Gasteiger partial charge on any atom is 0.172 e. The lowest BCUT2D eigenvalue weighted by atomic mass is 10.1. The molecule has 0 aliphatic rings. The highest BCUT2D eigenvalue weighted by Crippen LogP contribution is 2.17. The van der Waals surface area contributed by atoms with Crippen LogP contribution in [0.1, 0.15) is 31.9 Å². The van der Waals surface area contributed by atoms with E-state index in [0.717, 1.165) is 13.1 Å². The predicted molar refractivity (Wildman–Crippen MR) is 98.6 cm³/mol. The monoisotopic (exact) mass is 327 g/mol. The molecule has 2 aromatic carbocycles. The lowest BCUT2D eigenvalue weighted by Gasteiger charge is -2.34. The van der Waals surface area contributed by atoms with Gasteiger partial charge in [-0.05, 0) is 31.9 Å². The van der Waals surface area contributed by atoms with E-state index in [4.69, 9.17) is 9.47 Å².